The molecule has 0 radical (unpaired) electrons. The van der Waals surface area contributed by atoms with Gasteiger partial charge in [-0.05, 0) is 0 Å². The SMILES string of the molecule is CCC[CH2][Sn+]([O]C)[O]C. The number of hydrogen-bond donors (Lipinski definition) is 0. The molecule has 9 heavy (non-hydrogen) atoms. The number of unbranched alkanes of at least 4 members (excludes halogenated alkanes) is 1. The van der Waals surface area contributed by atoms with E-state index in [-0.39, 0.29) is 0 Å². The van der Waals surface area contributed by atoms with Crippen LogP contribution in [-0.2, 0) is 6.15 Å². The van der Waals surface area contributed by atoms with Crippen LogP contribution in [0.5, 0.6) is 0 Å². The molecule has 0 rings (SSSR count). The second-order valence-corrected chi connectivity index (χ2v) is 7.76. The van der Waals surface area contributed by atoms with Crippen molar-refractivity contribution in [3.05, 3.63) is 0 Å². The molecule has 0 aromatic carbocycles. The first-order valence-electron chi connectivity index (χ1n) is 3.29. The van der Waals surface area contributed by atoms with Gasteiger partial charge in [0.2, 0.25) is 0 Å². The third-order valence-corrected chi connectivity index (χ3v) is 5.96. The molecule has 0 saturated heterocycles. The molecular formula is C6H15O2Sn+. The van der Waals surface area contributed by atoms with Gasteiger partial charge in [-0.25, -0.2) is 0 Å². The van der Waals surface area contributed by atoms with E-state index in [4.69, 9.17) is 6.15 Å². The van der Waals surface area contributed by atoms with Gasteiger partial charge in [0.15, 0.2) is 0 Å². The molecule has 0 aromatic heterocycles. The summed E-state index contributed by atoms with van der Waals surface area (Å²) in [6.07, 6.45) is 2.51. The maximum absolute atomic E-state index is 5.18. The van der Waals surface area contributed by atoms with Crippen LogP contribution in [0.4, 0.5) is 0 Å². The van der Waals surface area contributed by atoms with Crippen molar-refractivity contribution < 1.29 is 6.15 Å². The quantitative estimate of drug-likeness (QED) is 0.676. The summed E-state index contributed by atoms with van der Waals surface area (Å²) in [5.74, 6) is 0. The van der Waals surface area contributed by atoms with E-state index in [9.17, 15) is 0 Å². The van der Waals surface area contributed by atoms with E-state index in [1.165, 1.54) is 17.3 Å². The van der Waals surface area contributed by atoms with Crippen molar-refractivity contribution in [3.63, 3.8) is 0 Å². The van der Waals surface area contributed by atoms with Gasteiger partial charge in [-0.2, -0.15) is 0 Å². The van der Waals surface area contributed by atoms with Gasteiger partial charge in [-0.1, -0.05) is 0 Å². The Labute approximate surface area is 65.4 Å². The van der Waals surface area contributed by atoms with Crippen LogP contribution in [-0.4, -0.2) is 34.8 Å². The summed E-state index contributed by atoms with van der Waals surface area (Å²) in [7, 11) is 3.52. The minimum absolute atomic E-state index is 1.20. The third kappa shape index (κ3) is 5.18. The van der Waals surface area contributed by atoms with E-state index in [1.54, 1.807) is 14.2 Å². The van der Waals surface area contributed by atoms with Crippen molar-refractivity contribution in [1.82, 2.24) is 0 Å². The van der Waals surface area contributed by atoms with Crippen molar-refractivity contribution in [2.45, 2.75) is 24.2 Å². The topological polar surface area (TPSA) is 18.5 Å². The molecule has 0 aliphatic carbocycles. The average Bonchev–Trinajstić information content (AvgIpc) is 1.91. The number of hydrogen-bond acceptors (Lipinski definition) is 2. The van der Waals surface area contributed by atoms with Gasteiger partial charge in [0.05, 0.1) is 0 Å². The van der Waals surface area contributed by atoms with Crippen LogP contribution in [0.15, 0.2) is 0 Å². The van der Waals surface area contributed by atoms with Gasteiger partial charge < -0.3 is 0 Å². The molecule has 2 nitrogen and oxygen atoms in total. The van der Waals surface area contributed by atoms with Gasteiger partial charge in [-0.15, -0.1) is 0 Å². The van der Waals surface area contributed by atoms with Crippen LogP contribution < -0.4 is 0 Å². The van der Waals surface area contributed by atoms with Gasteiger partial charge in [0, 0.05) is 0 Å². The molecule has 0 aliphatic rings. The van der Waals surface area contributed by atoms with Crippen LogP contribution in [0.25, 0.3) is 0 Å². The van der Waals surface area contributed by atoms with E-state index in [0.29, 0.717) is 0 Å². The normalized spacial score (nSPS) is 9.67. The Balaban J connectivity index is 3.09. The first-order valence-corrected chi connectivity index (χ1v) is 7.63. The summed E-state index contributed by atoms with van der Waals surface area (Å²) < 4.78 is 11.6. The zero-order valence-electron chi connectivity index (χ0n) is 6.44. The molecule has 54 valence electrons. The average molecular weight is 238 g/mol. The summed E-state index contributed by atoms with van der Waals surface area (Å²) in [6.45, 7) is 2.19. The Morgan fingerprint density at radius 2 is 1.78 bits per heavy atom. The summed E-state index contributed by atoms with van der Waals surface area (Å²) in [5, 5.41) is 0. The molecule has 0 saturated carbocycles. The minimum atomic E-state index is -1.71. The maximum atomic E-state index is 5.18. The predicted octanol–water partition coefficient (Wildman–Crippen LogP) is 1.57. The molecule has 0 bridgehead atoms. The Hall–Kier alpha value is 0.719. The van der Waals surface area contributed by atoms with Crippen molar-refractivity contribution in [3.8, 4) is 0 Å². The second-order valence-electron chi connectivity index (χ2n) is 1.88. The predicted molar refractivity (Wildman–Crippen MR) is 39.5 cm³/mol. The molecule has 0 N–H and O–H groups in total. The molecular weight excluding hydrogens is 223 g/mol. The standard InChI is InChI=1S/C4H9.2CH3O.Sn/c1-3-4-2;2*1-2;/h1,3-4H2,2H3;2*1H3;/q;2*-1;+3. The van der Waals surface area contributed by atoms with Crippen molar-refractivity contribution in [1.29, 1.82) is 0 Å². The second kappa shape index (κ2) is 6.83. The molecule has 0 fully saturated rings. The van der Waals surface area contributed by atoms with Crippen LogP contribution in [0, 0.1) is 0 Å². The van der Waals surface area contributed by atoms with E-state index in [2.05, 4.69) is 6.92 Å². The van der Waals surface area contributed by atoms with Crippen molar-refractivity contribution in [2.24, 2.45) is 0 Å². The Kier molecular flexibility index (Phi) is 7.38. The van der Waals surface area contributed by atoms with Gasteiger partial charge in [0.1, 0.15) is 0 Å². The van der Waals surface area contributed by atoms with Gasteiger partial charge in [0.25, 0.3) is 0 Å². The summed E-state index contributed by atoms with van der Waals surface area (Å²) >= 11 is -1.71. The van der Waals surface area contributed by atoms with E-state index in [0.717, 1.165) is 0 Å². The van der Waals surface area contributed by atoms with Gasteiger partial charge in [-0.3, -0.25) is 0 Å². The summed E-state index contributed by atoms with van der Waals surface area (Å²) in [6, 6.07) is 0. The van der Waals surface area contributed by atoms with E-state index >= 15 is 0 Å². The fraction of sp³-hybridized carbons (Fsp3) is 1.00. The summed E-state index contributed by atoms with van der Waals surface area (Å²) in [4.78, 5) is 0. The third-order valence-electron chi connectivity index (χ3n) is 1.19. The molecule has 0 heterocycles. The molecule has 0 unspecified atom stereocenters. The van der Waals surface area contributed by atoms with E-state index < -0.39 is 20.6 Å². The fourth-order valence-electron chi connectivity index (χ4n) is 0.609. The molecule has 3 heteroatoms. The molecule has 0 aliphatic heterocycles. The molecule has 0 amide bonds. The number of rotatable bonds is 5. The Morgan fingerprint density at radius 1 is 1.22 bits per heavy atom. The summed E-state index contributed by atoms with van der Waals surface area (Å²) in [5.41, 5.74) is 0. The first kappa shape index (κ1) is 9.72. The van der Waals surface area contributed by atoms with Crippen LogP contribution in [0.3, 0.4) is 0 Å². The Morgan fingerprint density at radius 3 is 2.11 bits per heavy atom. The monoisotopic (exact) mass is 239 g/mol. The van der Waals surface area contributed by atoms with Crippen LogP contribution >= 0.6 is 0 Å². The van der Waals surface area contributed by atoms with Crippen LogP contribution in [0.2, 0.25) is 4.44 Å². The molecule has 0 aromatic rings. The molecule has 0 spiro atoms. The zero-order valence-corrected chi connectivity index (χ0v) is 9.29. The van der Waals surface area contributed by atoms with Crippen molar-refractivity contribution in [2.75, 3.05) is 14.2 Å². The Bertz CT molecular complexity index is 55.0. The zero-order chi connectivity index (χ0) is 7.11. The first-order chi connectivity index (χ1) is 4.35. The molecule has 0 atom stereocenters. The fourth-order valence-corrected chi connectivity index (χ4v) is 4.08. The van der Waals surface area contributed by atoms with Crippen LogP contribution in [0.1, 0.15) is 19.8 Å². The van der Waals surface area contributed by atoms with Gasteiger partial charge >= 0.3 is 65.2 Å². The van der Waals surface area contributed by atoms with Crippen molar-refractivity contribution >= 4 is 20.6 Å². The van der Waals surface area contributed by atoms with E-state index in [1.807, 2.05) is 0 Å².